The van der Waals surface area contributed by atoms with Gasteiger partial charge in [0.1, 0.15) is 22.9 Å². The summed E-state index contributed by atoms with van der Waals surface area (Å²) in [6.45, 7) is 10.8. The number of benzene rings is 5. The molecular formula is C44H53NO4. The van der Waals surface area contributed by atoms with Gasteiger partial charge in [0, 0.05) is 11.8 Å². The molecule has 0 bridgehead atoms. The average molecular weight is 660 g/mol. The molecule has 0 fully saturated rings. The first-order valence-corrected chi connectivity index (χ1v) is 17.9. The summed E-state index contributed by atoms with van der Waals surface area (Å²) in [5.74, 6) is 0.154. The first kappa shape index (κ1) is 37.1. The molecule has 0 heterocycles. The molecule has 0 saturated carbocycles. The Morgan fingerprint density at radius 2 is 0.755 bits per heavy atom. The second-order valence-corrected chi connectivity index (χ2v) is 13.0. The number of para-hydroxylation sites is 1. The Balaban J connectivity index is 0.000000246. The van der Waals surface area contributed by atoms with Crippen molar-refractivity contribution in [3.8, 4) is 23.0 Å². The van der Waals surface area contributed by atoms with Crippen LogP contribution in [0.25, 0.3) is 0 Å². The third-order valence-electron chi connectivity index (χ3n) is 9.45. The van der Waals surface area contributed by atoms with Crippen LogP contribution in [0.4, 0.5) is 5.69 Å². The van der Waals surface area contributed by atoms with Crippen LogP contribution in [0.3, 0.4) is 0 Å². The van der Waals surface area contributed by atoms with Crippen molar-refractivity contribution in [2.24, 2.45) is 0 Å². The van der Waals surface area contributed by atoms with Gasteiger partial charge in [-0.3, -0.25) is 4.48 Å². The van der Waals surface area contributed by atoms with Gasteiger partial charge in [-0.2, -0.15) is 0 Å². The van der Waals surface area contributed by atoms with Crippen molar-refractivity contribution in [3.63, 3.8) is 0 Å². The highest BCUT2D eigenvalue weighted by atomic mass is 16.3. The number of phenolic OH excluding ortho intramolecular Hbond substituents is 3. The van der Waals surface area contributed by atoms with E-state index in [0.29, 0.717) is 0 Å². The zero-order valence-corrected chi connectivity index (χ0v) is 29.3. The molecule has 49 heavy (non-hydrogen) atoms. The van der Waals surface area contributed by atoms with E-state index in [1.807, 2.05) is 48.5 Å². The molecule has 0 saturated heterocycles. The van der Waals surface area contributed by atoms with Crippen LogP contribution in [0, 0.1) is 0 Å². The maximum atomic E-state index is 11.7. The number of quaternary nitrogens is 1. The van der Waals surface area contributed by atoms with Gasteiger partial charge in [-0.25, -0.2) is 0 Å². The summed E-state index contributed by atoms with van der Waals surface area (Å²) in [5.41, 5.74) is 5.40. The molecular weight excluding hydrogens is 606 g/mol. The Morgan fingerprint density at radius 3 is 1.06 bits per heavy atom. The fourth-order valence-corrected chi connectivity index (χ4v) is 6.72. The van der Waals surface area contributed by atoms with Gasteiger partial charge in [0.05, 0.1) is 19.6 Å². The second-order valence-electron chi connectivity index (χ2n) is 13.0. The van der Waals surface area contributed by atoms with E-state index < -0.39 is 0 Å². The molecule has 5 aromatic rings. The van der Waals surface area contributed by atoms with Crippen molar-refractivity contribution in [1.29, 1.82) is 0 Å². The van der Waals surface area contributed by atoms with Gasteiger partial charge in [-0.05, 0) is 90.0 Å². The third kappa shape index (κ3) is 10.4. The Bertz CT molecular complexity index is 1430. The predicted molar refractivity (Wildman–Crippen MR) is 201 cm³/mol. The lowest BCUT2D eigenvalue weighted by molar-refractivity contribution is -0.268. The molecule has 1 unspecified atom stereocenters. The molecule has 258 valence electrons. The Kier molecular flexibility index (Phi) is 14.2. The van der Waals surface area contributed by atoms with Gasteiger partial charge in [-0.1, -0.05) is 119 Å². The van der Waals surface area contributed by atoms with Crippen LogP contribution in [0.2, 0.25) is 0 Å². The molecule has 5 aromatic carbocycles. The summed E-state index contributed by atoms with van der Waals surface area (Å²) in [7, 11) is 0. The second kappa shape index (κ2) is 18.7. The van der Waals surface area contributed by atoms with Crippen molar-refractivity contribution in [3.05, 3.63) is 150 Å². The topological polar surface area (TPSA) is 83.8 Å². The van der Waals surface area contributed by atoms with Crippen LogP contribution in [-0.4, -0.2) is 35.0 Å². The molecule has 5 rings (SSSR count). The van der Waals surface area contributed by atoms with Crippen LogP contribution in [0.15, 0.2) is 127 Å². The monoisotopic (exact) mass is 659 g/mol. The summed E-state index contributed by atoms with van der Waals surface area (Å²) in [5, 5.41) is 41.1. The number of aromatic hydroxyl groups is 3. The quantitative estimate of drug-likeness (QED) is 0.0977. The highest BCUT2D eigenvalue weighted by Gasteiger charge is 2.29. The molecule has 1 atom stereocenters. The lowest BCUT2D eigenvalue weighted by Crippen LogP contribution is -2.51. The Morgan fingerprint density at radius 1 is 0.449 bits per heavy atom. The first-order chi connectivity index (χ1) is 23.8. The van der Waals surface area contributed by atoms with Crippen molar-refractivity contribution in [2.45, 2.75) is 71.1 Å². The number of unbranched alkanes of at least 4 members (excludes halogenated alkanes) is 3. The van der Waals surface area contributed by atoms with E-state index in [-0.39, 0.29) is 34.8 Å². The zero-order valence-electron chi connectivity index (χ0n) is 29.3. The number of rotatable bonds is 15. The normalized spacial score (nSPS) is 11.9. The largest absolute Gasteiger partial charge is 0.872 e. The molecule has 0 aliphatic carbocycles. The fourth-order valence-electron chi connectivity index (χ4n) is 6.72. The van der Waals surface area contributed by atoms with Crippen LogP contribution < -0.4 is 9.59 Å². The lowest BCUT2D eigenvalue weighted by atomic mass is 9.73. The minimum atomic E-state index is -0.166. The number of phenols is 3. The van der Waals surface area contributed by atoms with Crippen LogP contribution in [0.5, 0.6) is 23.0 Å². The van der Waals surface area contributed by atoms with E-state index in [4.69, 9.17) is 0 Å². The SMILES string of the molecule is CCCC[N+](CCCC)(CCCC)c1ccccc1.[O-]c1ccc(C(c2ccc(O)cc2)C(c2ccc(O)cc2)c2ccc(O)cc2)cc1. The molecule has 3 N–H and O–H groups in total. The molecule has 0 aliphatic heterocycles. The van der Waals surface area contributed by atoms with Gasteiger partial charge in [0.15, 0.2) is 0 Å². The van der Waals surface area contributed by atoms with Crippen LogP contribution >= 0.6 is 0 Å². The molecule has 0 spiro atoms. The van der Waals surface area contributed by atoms with Crippen molar-refractivity contribution in [2.75, 3.05) is 19.6 Å². The zero-order chi connectivity index (χ0) is 35.1. The summed E-state index contributed by atoms with van der Waals surface area (Å²) >= 11 is 0. The van der Waals surface area contributed by atoms with E-state index in [1.165, 1.54) is 68.3 Å². The molecule has 0 aromatic heterocycles. The van der Waals surface area contributed by atoms with Gasteiger partial charge < -0.3 is 20.4 Å². The summed E-state index contributed by atoms with van der Waals surface area (Å²) < 4.78 is 1.20. The van der Waals surface area contributed by atoms with Crippen molar-refractivity contribution >= 4 is 5.69 Å². The third-order valence-corrected chi connectivity index (χ3v) is 9.45. The maximum Gasteiger partial charge on any atom is 0.132 e. The van der Waals surface area contributed by atoms with Crippen LogP contribution in [-0.2, 0) is 0 Å². The minimum absolute atomic E-state index is 0.0611. The standard InChI is InChI=1S/C26H22O4.C18H32N/c27-21-9-1-17(2-10-21)25(18-3-11-22(28)12-4-18)26(19-5-13-23(29)14-6-19)20-7-15-24(30)16-8-20;1-4-7-15-19(16-8-5-2,17-9-6-3)18-13-11-10-12-14-18/h1-16,25-30H;10-14H,4-9,15-17H2,1-3H3/q;+1/p-1. The average Bonchev–Trinajstić information content (AvgIpc) is 3.13. The summed E-state index contributed by atoms with van der Waals surface area (Å²) in [6.07, 6.45) is 7.90. The number of nitrogens with zero attached hydrogens (tertiary/aromatic N) is 1. The molecule has 5 nitrogen and oxygen atoms in total. The van der Waals surface area contributed by atoms with E-state index in [1.54, 1.807) is 48.5 Å². The summed E-state index contributed by atoms with van der Waals surface area (Å²) in [6, 6.07) is 39.1. The summed E-state index contributed by atoms with van der Waals surface area (Å²) in [4.78, 5) is 0. The maximum absolute atomic E-state index is 11.7. The van der Waals surface area contributed by atoms with Crippen molar-refractivity contribution in [1.82, 2.24) is 4.48 Å². The lowest BCUT2D eigenvalue weighted by Gasteiger charge is -2.38. The van der Waals surface area contributed by atoms with Gasteiger partial charge >= 0.3 is 0 Å². The molecule has 0 amide bonds. The van der Waals surface area contributed by atoms with Gasteiger partial charge in [-0.15, -0.1) is 5.75 Å². The molecule has 0 aliphatic rings. The number of hydrogen-bond donors (Lipinski definition) is 3. The number of hydrogen-bond acceptors (Lipinski definition) is 4. The Hall–Kier alpha value is -4.74. The first-order valence-electron chi connectivity index (χ1n) is 17.9. The van der Waals surface area contributed by atoms with Gasteiger partial charge in [0.2, 0.25) is 0 Å². The van der Waals surface area contributed by atoms with E-state index in [2.05, 4.69) is 51.1 Å². The van der Waals surface area contributed by atoms with Gasteiger partial charge in [0.25, 0.3) is 0 Å². The van der Waals surface area contributed by atoms with E-state index in [9.17, 15) is 20.4 Å². The van der Waals surface area contributed by atoms with E-state index >= 15 is 0 Å². The molecule has 5 heteroatoms. The molecule has 0 radical (unpaired) electrons. The van der Waals surface area contributed by atoms with Crippen LogP contribution in [0.1, 0.15) is 93.4 Å². The smallest absolute Gasteiger partial charge is 0.132 e. The fraction of sp³-hybridized carbons (Fsp3) is 0.318. The Labute approximate surface area is 293 Å². The highest BCUT2D eigenvalue weighted by molar-refractivity contribution is 5.48. The van der Waals surface area contributed by atoms with Crippen molar-refractivity contribution < 1.29 is 20.4 Å². The minimum Gasteiger partial charge on any atom is -0.872 e. The highest BCUT2D eigenvalue weighted by Crippen LogP contribution is 2.44. The predicted octanol–water partition coefficient (Wildman–Crippen LogP) is 10.2. The van der Waals surface area contributed by atoms with E-state index in [0.717, 1.165) is 22.3 Å².